The zero-order valence-corrected chi connectivity index (χ0v) is 14.1. The highest BCUT2D eigenvalue weighted by Crippen LogP contribution is 2.26. The predicted octanol–water partition coefficient (Wildman–Crippen LogP) is 3.71. The van der Waals surface area contributed by atoms with E-state index in [9.17, 15) is 4.79 Å². The number of nitrogens with zero attached hydrogens (tertiary/aromatic N) is 4. The molecule has 0 radical (unpaired) electrons. The van der Waals surface area contributed by atoms with Crippen LogP contribution in [-0.4, -0.2) is 38.2 Å². The molecule has 1 aromatic carbocycles. The monoisotopic (exact) mass is 346 g/mol. The van der Waals surface area contributed by atoms with E-state index in [0.717, 1.165) is 23.4 Å². The van der Waals surface area contributed by atoms with E-state index in [1.807, 2.05) is 25.1 Å². The number of aromatic nitrogens is 2. The summed E-state index contributed by atoms with van der Waals surface area (Å²) in [6.45, 7) is 2.57. The molecule has 0 saturated carbocycles. The number of amidine groups is 1. The van der Waals surface area contributed by atoms with Crippen LogP contribution < -0.4 is 0 Å². The number of aliphatic imine (C=N–C) groups is 1. The average Bonchev–Trinajstić information content (AvgIpc) is 2.59. The van der Waals surface area contributed by atoms with Crippen molar-refractivity contribution in [1.82, 2.24) is 14.9 Å². The second-order valence-electron chi connectivity index (χ2n) is 5.08. The molecular formula is C16H15ClN4OS. The van der Waals surface area contributed by atoms with Crippen molar-refractivity contribution in [3.05, 3.63) is 53.1 Å². The number of halogens is 1. The summed E-state index contributed by atoms with van der Waals surface area (Å²) < 4.78 is 0. The predicted molar refractivity (Wildman–Crippen MR) is 93.4 cm³/mol. The Hall–Kier alpha value is -1.92. The maximum absolute atomic E-state index is 12.6. The second-order valence-corrected chi connectivity index (χ2v) is 6.55. The number of carbonyl (C=O) groups is 1. The van der Waals surface area contributed by atoms with Crippen LogP contribution in [0.4, 0.5) is 5.69 Å². The molecule has 0 unspecified atom stereocenters. The minimum absolute atomic E-state index is 0.178. The van der Waals surface area contributed by atoms with Gasteiger partial charge >= 0.3 is 0 Å². The Morgan fingerprint density at radius 3 is 3.00 bits per heavy atom. The molecule has 23 heavy (non-hydrogen) atoms. The zero-order chi connectivity index (χ0) is 16.2. The first-order chi connectivity index (χ1) is 11.1. The number of benzene rings is 1. The number of aryl methyl sites for hydroxylation is 1. The number of hydrogen-bond acceptors (Lipinski definition) is 5. The molecule has 3 rings (SSSR count). The van der Waals surface area contributed by atoms with E-state index in [-0.39, 0.29) is 5.91 Å². The standard InChI is InChI=1S/C16H15ClN4OS/c1-11-3-4-12(9-13(11)17)20-16-21(7-2-8-23-16)15(22)14-10-18-5-6-19-14/h3-6,9-10H,2,7-8H2,1H3. The number of hydrogen-bond donors (Lipinski definition) is 0. The first-order valence-electron chi connectivity index (χ1n) is 7.20. The lowest BCUT2D eigenvalue weighted by atomic mass is 10.2. The molecule has 1 saturated heterocycles. The van der Waals surface area contributed by atoms with Gasteiger partial charge in [-0.1, -0.05) is 29.4 Å². The van der Waals surface area contributed by atoms with Crippen molar-refractivity contribution < 1.29 is 4.79 Å². The Kier molecular flexibility index (Phi) is 4.93. The summed E-state index contributed by atoms with van der Waals surface area (Å²) in [5.41, 5.74) is 2.06. The minimum atomic E-state index is -0.178. The van der Waals surface area contributed by atoms with Gasteiger partial charge in [-0.3, -0.25) is 14.7 Å². The lowest BCUT2D eigenvalue weighted by Gasteiger charge is -2.27. The van der Waals surface area contributed by atoms with Gasteiger partial charge in [-0.05, 0) is 31.0 Å². The smallest absolute Gasteiger partial charge is 0.280 e. The molecule has 1 aliphatic rings. The van der Waals surface area contributed by atoms with Gasteiger partial charge in [0, 0.05) is 29.7 Å². The fourth-order valence-electron chi connectivity index (χ4n) is 2.15. The number of thioether (sulfide) groups is 1. The van der Waals surface area contributed by atoms with Gasteiger partial charge in [-0.2, -0.15) is 0 Å². The summed E-state index contributed by atoms with van der Waals surface area (Å²) in [5, 5.41) is 1.34. The van der Waals surface area contributed by atoms with Crippen molar-refractivity contribution >= 4 is 40.1 Å². The Bertz CT molecular complexity index is 751. The van der Waals surface area contributed by atoms with Crippen molar-refractivity contribution in [2.75, 3.05) is 12.3 Å². The Labute approximate surface area is 143 Å². The van der Waals surface area contributed by atoms with E-state index >= 15 is 0 Å². The fourth-order valence-corrected chi connectivity index (χ4v) is 3.28. The molecule has 2 aromatic rings. The third-order valence-corrected chi connectivity index (χ3v) is 4.87. The summed E-state index contributed by atoms with van der Waals surface area (Å²) in [6, 6.07) is 5.63. The molecule has 1 amide bonds. The topological polar surface area (TPSA) is 58.5 Å². The van der Waals surface area contributed by atoms with Gasteiger partial charge < -0.3 is 0 Å². The molecular weight excluding hydrogens is 332 g/mol. The normalized spacial score (nSPS) is 16.6. The minimum Gasteiger partial charge on any atom is -0.286 e. The van der Waals surface area contributed by atoms with E-state index < -0.39 is 0 Å². The Balaban J connectivity index is 1.90. The van der Waals surface area contributed by atoms with Gasteiger partial charge in [0.05, 0.1) is 11.9 Å². The van der Waals surface area contributed by atoms with Crippen LogP contribution in [0.25, 0.3) is 0 Å². The molecule has 1 aromatic heterocycles. The number of amides is 1. The maximum Gasteiger partial charge on any atom is 0.280 e. The van der Waals surface area contributed by atoms with Crippen LogP contribution in [0.5, 0.6) is 0 Å². The van der Waals surface area contributed by atoms with Crippen molar-refractivity contribution in [3.63, 3.8) is 0 Å². The van der Waals surface area contributed by atoms with Crippen molar-refractivity contribution in [2.24, 2.45) is 4.99 Å². The van der Waals surface area contributed by atoms with Gasteiger partial charge in [0.25, 0.3) is 5.91 Å². The highest BCUT2D eigenvalue weighted by atomic mass is 35.5. The van der Waals surface area contributed by atoms with Gasteiger partial charge in [-0.25, -0.2) is 9.98 Å². The molecule has 7 heteroatoms. The first-order valence-corrected chi connectivity index (χ1v) is 8.57. The lowest BCUT2D eigenvalue weighted by Crippen LogP contribution is -2.39. The zero-order valence-electron chi connectivity index (χ0n) is 12.6. The van der Waals surface area contributed by atoms with E-state index in [0.29, 0.717) is 22.4 Å². The van der Waals surface area contributed by atoms with Crippen molar-refractivity contribution in [3.8, 4) is 0 Å². The lowest BCUT2D eigenvalue weighted by molar-refractivity contribution is 0.0843. The molecule has 2 heterocycles. The summed E-state index contributed by atoms with van der Waals surface area (Å²) in [5.74, 6) is 0.755. The van der Waals surface area contributed by atoms with E-state index in [2.05, 4.69) is 15.0 Å². The molecule has 0 aliphatic carbocycles. The molecule has 0 bridgehead atoms. The van der Waals surface area contributed by atoms with Crippen LogP contribution in [0.15, 0.2) is 41.8 Å². The summed E-state index contributed by atoms with van der Waals surface area (Å²) >= 11 is 7.71. The maximum atomic E-state index is 12.6. The van der Waals surface area contributed by atoms with Crippen LogP contribution in [-0.2, 0) is 0 Å². The molecule has 0 N–H and O–H groups in total. The molecule has 1 aliphatic heterocycles. The van der Waals surface area contributed by atoms with Gasteiger partial charge in [0.15, 0.2) is 5.17 Å². The van der Waals surface area contributed by atoms with E-state index in [4.69, 9.17) is 11.6 Å². The van der Waals surface area contributed by atoms with Crippen LogP contribution in [0.1, 0.15) is 22.5 Å². The van der Waals surface area contributed by atoms with Crippen molar-refractivity contribution in [1.29, 1.82) is 0 Å². The van der Waals surface area contributed by atoms with Crippen LogP contribution in [0, 0.1) is 6.92 Å². The van der Waals surface area contributed by atoms with Crippen LogP contribution in [0.2, 0.25) is 5.02 Å². The van der Waals surface area contributed by atoms with Gasteiger partial charge in [0.2, 0.25) is 0 Å². The SMILES string of the molecule is Cc1ccc(N=C2SCCCN2C(=O)c2cnccn2)cc1Cl. The largest absolute Gasteiger partial charge is 0.286 e. The van der Waals surface area contributed by atoms with Crippen LogP contribution >= 0.6 is 23.4 Å². The Morgan fingerprint density at radius 1 is 1.39 bits per heavy atom. The highest BCUT2D eigenvalue weighted by molar-refractivity contribution is 8.13. The summed E-state index contributed by atoms with van der Waals surface area (Å²) in [4.78, 5) is 26.9. The number of carbonyl (C=O) groups excluding carboxylic acids is 1. The van der Waals surface area contributed by atoms with Crippen LogP contribution in [0.3, 0.4) is 0 Å². The first kappa shape index (κ1) is 16.0. The van der Waals surface area contributed by atoms with Crippen molar-refractivity contribution in [2.45, 2.75) is 13.3 Å². The average molecular weight is 347 g/mol. The second kappa shape index (κ2) is 7.10. The van der Waals surface area contributed by atoms with Gasteiger partial charge in [0.1, 0.15) is 5.69 Å². The third kappa shape index (κ3) is 3.71. The quantitative estimate of drug-likeness (QED) is 0.831. The number of rotatable bonds is 2. The molecule has 5 nitrogen and oxygen atoms in total. The molecule has 0 atom stereocenters. The summed E-state index contributed by atoms with van der Waals surface area (Å²) in [6.07, 6.45) is 5.46. The van der Waals surface area contributed by atoms with E-state index in [1.54, 1.807) is 22.9 Å². The molecule has 1 fully saturated rings. The van der Waals surface area contributed by atoms with E-state index in [1.165, 1.54) is 12.4 Å². The van der Waals surface area contributed by atoms with Gasteiger partial charge in [-0.15, -0.1) is 0 Å². The summed E-state index contributed by atoms with van der Waals surface area (Å²) in [7, 11) is 0. The molecule has 0 spiro atoms. The fraction of sp³-hybridized carbons (Fsp3) is 0.250. The Morgan fingerprint density at radius 2 is 2.26 bits per heavy atom. The third-order valence-electron chi connectivity index (χ3n) is 3.40. The highest BCUT2D eigenvalue weighted by Gasteiger charge is 2.25. The molecule has 118 valence electrons.